The predicted molar refractivity (Wildman–Crippen MR) is 87.4 cm³/mol. The van der Waals surface area contributed by atoms with E-state index in [0.717, 1.165) is 32.1 Å². The van der Waals surface area contributed by atoms with Gasteiger partial charge in [0.2, 0.25) is 5.91 Å². The molecule has 0 aromatic heterocycles. The average Bonchev–Trinajstić information content (AvgIpc) is 3.06. The highest BCUT2D eigenvalue weighted by molar-refractivity contribution is 5.79. The van der Waals surface area contributed by atoms with E-state index < -0.39 is 0 Å². The summed E-state index contributed by atoms with van der Waals surface area (Å²) in [5.41, 5.74) is -0.0121. The van der Waals surface area contributed by atoms with Crippen LogP contribution in [-0.4, -0.2) is 46.2 Å². The molecule has 5 nitrogen and oxygen atoms in total. The van der Waals surface area contributed by atoms with Gasteiger partial charge in [0.05, 0.1) is 18.7 Å². The molecule has 0 spiro atoms. The number of aliphatic hydroxyl groups is 1. The number of amides is 1. The first-order chi connectivity index (χ1) is 10.8. The van der Waals surface area contributed by atoms with Crippen LogP contribution in [0.4, 0.5) is 0 Å². The van der Waals surface area contributed by atoms with Gasteiger partial charge >= 0.3 is 0 Å². The van der Waals surface area contributed by atoms with Crippen LogP contribution in [0.15, 0.2) is 0 Å². The average molecular weight is 319 g/mol. The lowest BCUT2D eigenvalue weighted by Crippen LogP contribution is -2.50. The molecule has 0 aromatic rings. The summed E-state index contributed by atoms with van der Waals surface area (Å²) in [6, 6.07) is 2.14. The zero-order valence-corrected chi connectivity index (χ0v) is 14.5. The smallest absolute Gasteiger partial charge is 0.237 e. The molecule has 3 rings (SSSR count). The van der Waals surface area contributed by atoms with Gasteiger partial charge < -0.3 is 15.3 Å². The molecule has 5 heteroatoms. The number of nitrogens with one attached hydrogen (secondary N) is 1. The van der Waals surface area contributed by atoms with E-state index in [9.17, 15) is 15.2 Å². The third kappa shape index (κ3) is 3.12. The summed E-state index contributed by atoms with van der Waals surface area (Å²) in [7, 11) is 0. The SMILES string of the molecule is CC1C[C@@H](C#N)N(C(=O)CN[C@]2(C)C[C@H]3C[C@@H](O)C[C@H]3C2)[C@H]1C. The molecule has 1 amide bonds. The Morgan fingerprint density at radius 1 is 1.30 bits per heavy atom. The van der Waals surface area contributed by atoms with Gasteiger partial charge in [0.1, 0.15) is 6.04 Å². The molecule has 23 heavy (non-hydrogen) atoms. The highest BCUT2D eigenvalue weighted by Crippen LogP contribution is 2.48. The van der Waals surface area contributed by atoms with Gasteiger partial charge in [0, 0.05) is 11.6 Å². The van der Waals surface area contributed by atoms with Crippen LogP contribution in [-0.2, 0) is 4.79 Å². The first-order valence-electron chi connectivity index (χ1n) is 8.97. The Kier molecular flexibility index (Phi) is 4.41. The van der Waals surface area contributed by atoms with E-state index in [1.165, 1.54) is 0 Å². The lowest BCUT2D eigenvalue weighted by Gasteiger charge is -2.31. The number of likely N-dealkylation sites (tertiary alicyclic amines) is 1. The molecule has 7 atom stereocenters. The zero-order chi connectivity index (χ0) is 16.8. The Morgan fingerprint density at radius 3 is 2.48 bits per heavy atom. The van der Waals surface area contributed by atoms with Crippen LogP contribution in [0.1, 0.15) is 52.9 Å². The molecule has 2 aliphatic carbocycles. The molecule has 1 saturated heterocycles. The standard InChI is InChI=1S/C18H29N3O2/c1-11-4-15(9-19)21(12(11)2)17(23)10-20-18(3)7-13-5-16(22)6-14(13)8-18/h11-16,20,22H,4-8,10H2,1-3H3/t11?,12-,13-,14+,15-,16-,18-/m0/s1. The summed E-state index contributed by atoms with van der Waals surface area (Å²) < 4.78 is 0. The van der Waals surface area contributed by atoms with E-state index in [1.807, 2.05) is 6.92 Å². The van der Waals surface area contributed by atoms with Crippen molar-refractivity contribution >= 4 is 5.91 Å². The van der Waals surface area contributed by atoms with Gasteiger partial charge in [-0.25, -0.2) is 0 Å². The Morgan fingerprint density at radius 2 is 1.91 bits per heavy atom. The molecule has 1 aliphatic heterocycles. The normalized spacial score (nSPS) is 46.0. The highest BCUT2D eigenvalue weighted by Gasteiger charge is 2.47. The molecule has 2 saturated carbocycles. The van der Waals surface area contributed by atoms with Crippen molar-refractivity contribution in [1.82, 2.24) is 10.2 Å². The van der Waals surface area contributed by atoms with Crippen molar-refractivity contribution in [2.24, 2.45) is 17.8 Å². The van der Waals surface area contributed by atoms with Crippen LogP contribution in [0, 0.1) is 29.1 Å². The fraction of sp³-hybridized carbons (Fsp3) is 0.889. The fourth-order valence-electron chi connectivity index (χ4n) is 5.18. The molecule has 2 N–H and O–H groups in total. The maximum atomic E-state index is 12.6. The lowest BCUT2D eigenvalue weighted by atomic mass is 9.95. The summed E-state index contributed by atoms with van der Waals surface area (Å²) in [6.45, 7) is 6.67. The highest BCUT2D eigenvalue weighted by atomic mass is 16.3. The Balaban J connectivity index is 1.56. The summed E-state index contributed by atoms with van der Waals surface area (Å²) in [6.07, 6.45) is 4.55. The van der Waals surface area contributed by atoms with E-state index >= 15 is 0 Å². The molecule has 1 heterocycles. The fourth-order valence-corrected chi connectivity index (χ4v) is 5.18. The molecule has 128 valence electrons. The second kappa shape index (κ2) is 6.07. The van der Waals surface area contributed by atoms with E-state index in [2.05, 4.69) is 25.2 Å². The third-order valence-electron chi connectivity index (χ3n) is 6.54. The summed E-state index contributed by atoms with van der Waals surface area (Å²) in [5, 5.41) is 22.5. The Labute approximate surface area is 139 Å². The van der Waals surface area contributed by atoms with Crippen molar-refractivity contribution < 1.29 is 9.90 Å². The van der Waals surface area contributed by atoms with Gasteiger partial charge in [-0.3, -0.25) is 4.79 Å². The molecular weight excluding hydrogens is 290 g/mol. The van der Waals surface area contributed by atoms with Crippen molar-refractivity contribution in [3.63, 3.8) is 0 Å². The van der Waals surface area contributed by atoms with E-state index in [1.54, 1.807) is 4.90 Å². The van der Waals surface area contributed by atoms with E-state index in [4.69, 9.17) is 0 Å². The van der Waals surface area contributed by atoms with Crippen LogP contribution < -0.4 is 5.32 Å². The zero-order valence-electron chi connectivity index (χ0n) is 14.5. The maximum Gasteiger partial charge on any atom is 0.237 e. The van der Waals surface area contributed by atoms with Crippen LogP contribution >= 0.6 is 0 Å². The minimum absolute atomic E-state index is 0.0121. The summed E-state index contributed by atoms with van der Waals surface area (Å²) in [5.74, 6) is 1.61. The number of fused-ring (bicyclic) bond motifs is 1. The molecule has 1 unspecified atom stereocenters. The van der Waals surface area contributed by atoms with E-state index in [-0.39, 0.29) is 29.6 Å². The van der Waals surface area contributed by atoms with Crippen molar-refractivity contribution in [1.29, 1.82) is 5.26 Å². The number of nitriles is 1. The first-order valence-corrected chi connectivity index (χ1v) is 8.97. The summed E-state index contributed by atoms with van der Waals surface area (Å²) >= 11 is 0. The number of hydrogen-bond acceptors (Lipinski definition) is 4. The summed E-state index contributed by atoms with van der Waals surface area (Å²) in [4.78, 5) is 14.4. The molecule has 3 fully saturated rings. The van der Waals surface area contributed by atoms with Crippen molar-refractivity contribution in [3.8, 4) is 6.07 Å². The van der Waals surface area contributed by atoms with Gasteiger partial charge in [-0.15, -0.1) is 0 Å². The number of nitrogens with zero attached hydrogens (tertiary/aromatic N) is 2. The number of carbonyl (C=O) groups excluding carboxylic acids is 1. The molecular formula is C18H29N3O2. The monoisotopic (exact) mass is 319 g/mol. The van der Waals surface area contributed by atoms with Crippen molar-refractivity contribution in [3.05, 3.63) is 0 Å². The minimum atomic E-state index is -0.278. The quantitative estimate of drug-likeness (QED) is 0.829. The van der Waals surface area contributed by atoms with Crippen molar-refractivity contribution in [2.45, 2.75) is 76.6 Å². The molecule has 3 aliphatic rings. The first kappa shape index (κ1) is 16.7. The topological polar surface area (TPSA) is 76.4 Å². The van der Waals surface area contributed by atoms with Gasteiger partial charge in [-0.05, 0) is 63.7 Å². The Hall–Kier alpha value is -1.12. The van der Waals surface area contributed by atoms with Gasteiger partial charge in [-0.2, -0.15) is 5.26 Å². The maximum absolute atomic E-state index is 12.6. The van der Waals surface area contributed by atoms with E-state index in [0.29, 0.717) is 24.3 Å². The van der Waals surface area contributed by atoms with Crippen LogP contribution in [0.3, 0.4) is 0 Å². The van der Waals surface area contributed by atoms with Gasteiger partial charge in [0.15, 0.2) is 0 Å². The molecule has 0 aromatic carbocycles. The Bertz CT molecular complexity index is 501. The number of carbonyl (C=O) groups is 1. The molecule has 0 radical (unpaired) electrons. The van der Waals surface area contributed by atoms with Gasteiger partial charge in [-0.1, -0.05) is 6.92 Å². The second-order valence-electron chi connectivity index (χ2n) is 8.37. The van der Waals surface area contributed by atoms with Crippen LogP contribution in [0.2, 0.25) is 0 Å². The predicted octanol–water partition coefficient (Wildman–Crippen LogP) is 1.66. The largest absolute Gasteiger partial charge is 0.393 e. The lowest BCUT2D eigenvalue weighted by molar-refractivity contribution is -0.132. The number of aliphatic hydroxyl groups excluding tert-OH is 1. The second-order valence-corrected chi connectivity index (χ2v) is 8.37. The van der Waals surface area contributed by atoms with Gasteiger partial charge in [0.25, 0.3) is 0 Å². The minimum Gasteiger partial charge on any atom is -0.393 e. The van der Waals surface area contributed by atoms with Crippen LogP contribution in [0.25, 0.3) is 0 Å². The van der Waals surface area contributed by atoms with Crippen LogP contribution in [0.5, 0.6) is 0 Å². The number of rotatable bonds is 3. The third-order valence-corrected chi connectivity index (χ3v) is 6.54. The molecule has 0 bridgehead atoms. The number of hydrogen-bond donors (Lipinski definition) is 2. The van der Waals surface area contributed by atoms with Crippen molar-refractivity contribution in [2.75, 3.05) is 6.54 Å².